The third-order valence-electron chi connectivity index (χ3n) is 3.93. The van der Waals surface area contributed by atoms with Crippen LogP contribution in [0.2, 0.25) is 0 Å². The van der Waals surface area contributed by atoms with E-state index in [4.69, 9.17) is 10.7 Å². The molecule has 1 saturated heterocycles. The van der Waals surface area contributed by atoms with Crippen molar-refractivity contribution in [3.05, 3.63) is 35.4 Å². The van der Waals surface area contributed by atoms with Crippen LogP contribution < -0.4 is 10.6 Å². The quantitative estimate of drug-likeness (QED) is 0.911. The number of aromatic nitrogens is 1. The zero-order valence-corrected chi connectivity index (χ0v) is 11.7. The van der Waals surface area contributed by atoms with E-state index in [1.54, 1.807) is 6.07 Å². The van der Waals surface area contributed by atoms with Gasteiger partial charge in [0.05, 0.1) is 11.1 Å². The molecule has 1 aliphatic rings. The summed E-state index contributed by atoms with van der Waals surface area (Å²) in [6, 6.07) is 7.66. The highest BCUT2D eigenvalue weighted by molar-refractivity contribution is 6.05. The van der Waals surface area contributed by atoms with Crippen molar-refractivity contribution in [2.45, 2.75) is 26.2 Å². The molecule has 2 N–H and O–H groups in total. The summed E-state index contributed by atoms with van der Waals surface area (Å²) in [5.41, 5.74) is 7.82. The van der Waals surface area contributed by atoms with Crippen LogP contribution in [0.5, 0.6) is 0 Å². The predicted octanol–water partition coefficient (Wildman–Crippen LogP) is 2.63. The van der Waals surface area contributed by atoms with E-state index >= 15 is 0 Å². The normalized spacial score (nSPS) is 15.6. The monoisotopic (exact) mass is 269 g/mol. The number of primary amides is 1. The number of hydrogen-bond donors (Lipinski definition) is 1. The van der Waals surface area contributed by atoms with Gasteiger partial charge in [0.15, 0.2) is 0 Å². The topological polar surface area (TPSA) is 59.2 Å². The van der Waals surface area contributed by atoms with Gasteiger partial charge in [-0.25, -0.2) is 4.98 Å². The molecule has 0 radical (unpaired) electrons. The summed E-state index contributed by atoms with van der Waals surface area (Å²) in [5, 5.41) is 0.972. The number of benzene rings is 1. The number of fused-ring (bicyclic) bond motifs is 1. The molecule has 4 heteroatoms. The minimum atomic E-state index is -0.420. The SMILES string of the molecule is Cc1cc2cccc(C(N)=O)c2nc1N1CCCCC1. The Morgan fingerprint density at radius 2 is 2.00 bits per heavy atom. The zero-order chi connectivity index (χ0) is 14.1. The van der Waals surface area contributed by atoms with Crippen LogP contribution in [-0.2, 0) is 0 Å². The van der Waals surface area contributed by atoms with Gasteiger partial charge in [0, 0.05) is 18.5 Å². The lowest BCUT2D eigenvalue weighted by Crippen LogP contribution is -2.30. The van der Waals surface area contributed by atoms with Gasteiger partial charge >= 0.3 is 0 Å². The van der Waals surface area contributed by atoms with Gasteiger partial charge in [-0.15, -0.1) is 0 Å². The number of piperidine rings is 1. The summed E-state index contributed by atoms with van der Waals surface area (Å²) in [6.07, 6.45) is 3.70. The first-order chi connectivity index (χ1) is 9.66. The molecule has 3 rings (SSSR count). The zero-order valence-electron chi connectivity index (χ0n) is 11.7. The van der Waals surface area contributed by atoms with E-state index in [0.717, 1.165) is 29.9 Å². The second-order valence-electron chi connectivity index (χ2n) is 5.42. The van der Waals surface area contributed by atoms with Gasteiger partial charge in [-0.1, -0.05) is 12.1 Å². The summed E-state index contributed by atoms with van der Waals surface area (Å²) in [7, 11) is 0. The second-order valence-corrected chi connectivity index (χ2v) is 5.42. The third-order valence-corrected chi connectivity index (χ3v) is 3.93. The number of aryl methyl sites for hydroxylation is 1. The Labute approximate surface area is 118 Å². The lowest BCUT2D eigenvalue weighted by molar-refractivity contribution is 0.100. The van der Waals surface area contributed by atoms with E-state index in [-0.39, 0.29) is 0 Å². The Hall–Kier alpha value is -2.10. The summed E-state index contributed by atoms with van der Waals surface area (Å²) >= 11 is 0. The highest BCUT2D eigenvalue weighted by Crippen LogP contribution is 2.27. The molecule has 20 heavy (non-hydrogen) atoms. The van der Waals surface area contributed by atoms with Crippen LogP contribution in [0.25, 0.3) is 10.9 Å². The molecule has 2 aromatic rings. The van der Waals surface area contributed by atoms with Crippen molar-refractivity contribution in [1.29, 1.82) is 0 Å². The van der Waals surface area contributed by atoms with Gasteiger partial charge in [0.1, 0.15) is 5.82 Å². The smallest absolute Gasteiger partial charge is 0.250 e. The van der Waals surface area contributed by atoms with Crippen LogP contribution in [0.15, 0.2) is 24.3 Å². The summed E-state index contributed by atoms with van der Waals surface area (Å²) in [4.78, 5) is 18.6. The molecule has 0 bridgehead atoms. The Morgan fingerprint density at radius 3 is 2.70 bits per heavy atom. The van der Waals surface area contributed by atoms with E-state index in [9.17, 15) is 4.79 Å². The van der Waals surface area contributed by atoms with Crippen molar-refractivity contribution in [1.82, 2.24) is 4.98 Å². The van der Waals surface area contributed by atoms with E-state index < -0.39 is 5.91 Å². The molecule has 0 unspecified atom stereocenters. The molecule has 0 spiro atoms. The molecular formula is C16H19N3O. The van der Waals surface area contributed by atoms with Crippen molar-refractivity contribution in [2.75, 3.05) is 18.0 Å². The number of rotatable bonds is 2. The molecule has 1 fully saturated rings. The van der Waals surface area contributed by atoms with Crippen molar-refractivity contribution in [3.63, 3.8) is 0 Å². The number of para-hydroxylation sites is 1. The number of nitrogens with zero attached hydrogens (tertiary/aromatic N) is 2. The maximum Gasteiger partial charge on any atom is 0.250 e. The maximum atomic E-state index is 11.6. The first kappa shape index (κ1) is 12.9. The van der Waals surface area contributed by atoms with E-state index in [0.29, 0.717) is 11.1 Å². The number of nitrogens with two attached hydrogens (primary N) is 1. The highest BCUT2D eigenvalue weighted by Gasteiger charge is 2.17. The van der Waals surface area contributed by atoms with Crippen LogP contribution in [0.4, 0.5) is 5.82 Å². The summed E-state index contributed by atoms with van der Waals surface area (Å²) < 4.78 is 0. The number of anilines is 1. The van der Waals surface area contributed by atoms with Gasteiger partial charge in [-0.2, -0.15) is 0 Å². The average molecular weight is 269 g/mol. The largest absolute Gasteiger partial charge is 0.366 e. The van der Waals surface area contributed by atoms with E-state index in [1.165, 1.54) is 19.3 Å². The number of pyridine rings is 1. The number of hydrogen-bond acceptors (Lipinski definition) is 3. The Morgan fingerprint density at radius 1 is 1.25 bits per heavy atom. The summed E-state index contributed by atoms with van der Waals surface area (Å²) in [5.74, 6) is 0.572. The van der Waals surface area contributed by atoms with E-state index in [1.807, 2.05) is 12.1 Å². The van der Waals surface area contributed by atoms with Crippen LogP contribution in [0.1, 0.15) is 35.2 Å². The van der Waals surface area contributed by atoms with Crippen molar-refractivity contribution >= 4 is 22.6 Å². The molecule has 1 aromatic carbocycles. The highest BCUT2D eigenvalue weighted by atomic mass is 16.1. The van der Waals surface area contributed by atoms with Crippen LogP contribution >= 0.6 is 0 Å². The predicted molar refractivity (Wildman–Crippen MR) is 81.1 cm³/mol. The number of carbonyl (C=O) groups is 1. The molecule has 0 aliphatic carbocycles. The van der Waals surface area contributed by atoms with Crippen LogP contribution in [-0.4, -0.2) is 24.0 Å². The number of amides is 1. The molecule has 1 amide bonds. The molecule has 4 nitrogen and oxygen atoms in total. The lowest BCUT2D eigenvalue weighted by atomic mass is 10.1. The molecule has 1 aliphatic heterocycles. The lowest BCUT2D eigenvalue weighted by Gasteiger charge is -2.29. The Kier molecular flexibility index (Phi) is 3.30. The molecule has 0 atom stereocenters. The van der Waals surface area contributed by atoms with Crippen molar-refractivity contribution < 1.29 is 4.79 Å². The van der Waals surface area contributed by atoms with E-state index in [2.05, 4.69) is 17.9 Å². The van der Waals surface area contributed by atoms with Gasteiger partial charge in [0.25, 0.3) is 5.91 Å². The molecular weight excluding hydrogens is 250 g/mol. The fourth-order valence-electron chi connectivity index (χ4n) is 2.92. The van der Waals surface area contributed by atoms with Gasteiger partial charge < -0.3 is 10.6 Å². The first-order valence-corrected chi connectivity index (χ1v) is 7.12. The minimum Gasteiger partial charge on any atom is -0.366 e. The maximum absolute atomic E-state index is 11.6. The molecule has 0 saturated carbocycles. The van der Waals surface area contributed by atoms with Crippen molar-refractivity contribution in [2.24, 2.45) is 5.73 Å². The Balaban J connectivity index is 2.15. The molecule has 2 heterocycles. The first-order valence-electron chi connectivity index (χ1n) is 7.12. The molecule has 1 aromatic heterocycles. The van der Waals surface area contributed by atoms with Crippen molar-refractivity contribution in [3.8, 4) is 0 Å². The number of carbonyl (C=O) groups excluding carboxylic acids is 1. The van der Waals surface area contributed by atoms with Gasteiger partial charge in [-0.05, 0) is 43.9 Å². The standard InChI is InChI=1S/C16H19N3O/c1-11-10-12-6-5-7-13(15(17)20)14(12)18-16(11)19-8-3-2-4-9-19/h5-7,10H,2-4,8-9H2,1H3,(H2,17,20). The fraction of sp³-hybridized carbons (Fsp3) is 0.375. The minimum absolute atomic E-state index is 0.420. The van der Waals surface area contributed by atoms with Gasteiger partial charge in [-0.3, -0.25) is 4.79 Å². The second kappa shape index (κ2) is 5.12. The average Bonchev–Trinajstić information content (AvgIpc) is 2.46. The van der Waals surface area contributed by atoms with Crippen LogP contribution in [0, 0.1) is 6.92 Å². The fourth-order valence-corrected chi connectivity index (χ4v) is 2.92. The summed E-state index contributed by atoms with van der Waals surface area (Å²) in [6.45, 7) is 4.16. The Bertz CT molecular complexity index is 660. The van der Waals surface area contributed by atoms with Gasteiger partial charge in [0.2, 0.25) is 0 Å². The third kappa shape index (κ3) is 2.22. The van der Waals surface area contributed by atoms with Crippen LogP contribution in [0.3, 0.4) is 0 Å². The molecule has 104 valence electrons.